The molecule has 29 heavy (non-hydrogen) atoms. The van der Waals surface area contributed by atoms with Crippen LogP contribution in [0.2, 0.25) is 0 Å². The van der Waals surface area contributed by atoms with Gasteiger partial charge in [-0.1, -0.05) is 0 Å². The summed E-state index contributed by atoms with van der Waals surface area (Å²) in [5.41, 5.74) is 5.83. The van der Waals surface area contributed by atoms with E-state index in [1.807, 2.05) is 9.80 Å². The normalized spacial score (nSPS) is 35.7. The summed E-state index contributed by atoms with van der Waals surface area (Å²) in [6, 6.07) is 0.125. The van der Waals surface area contributed by atoms with Crippen molar-refractivity contribution in [2.75, 3.05) is 46.6 Å². The number of carbonyl (C=O) groups is 3. The van der Waals surface area contributed by atoms with Gasteiger partial charge in [0.15, 0.2) is 5.72 Å². The van der Waals surface area contributed by atoms with E-state index < -0.39 is 17.7 Å². The summed E-state index contributed by atoms with van der Waals surface area (Å²) in [7, 11) is 1.56. The second-order valence-electron chi connectivity index (χ2n) is 7.99. The monoisotopic (exact) mass is 404 g/mol. The van der Waals surface area contributed by atoms with Gasteiger partial charge in [0.05, 0.1) is 36.6 Å². The average Bonchev–Trinajstić information content (AvgIpc) is 3.32. The van der Waals surface area contributed by atoms with E-state index in [0.29, 0.717) is 55.4 Å². The number of ether oxygens (including phenoxy) is 3. The maximum atomic E-state index is 13.7. The molecule has 3 saturated heterocycles. The van der Waals surface area contributed by atoms with Crippen LogP contribution in [0.15, 0.2) is 22.5 Å². The summed E-state index contributed by atoms with van der Waals surface area (Å²) in [6.45, 7) is 4.22. The molecule has 10 nitrogen and oxygen atoms in total. The Morgan fingerprint density at radius 1 is 1.28 bits per heavy atom. The molecule has 0 aromatic carbocycles. The van der Waals surface area contributed by atoms with Gasteiger partial charge in [-0.3, -0.25) is 9.59 Å². The van der Waals surface area contributed by atoms with Crippen LogP contribution in [0.25, 0.3) is 0 Å². The Morgan fingerprint density at radius 2 is 2.00 bits per heavy atom. The van der Waals surface area contributed by atoms with Gasteiger partial charge in [0, 0.05) is 43.9 Å². The first-order valence-electron chi connectivity index (χ1n) is 9.80. The molecule has 5 aliphatic rings. The molecule has 0 aromatic rings. The molecule has 0 spiro atoms. The number of hydrogen-bond acceptors (Lipinski definition) is 9. The maximum absolute atomic E-state index is 13.7. The summed E-state index contributed by atoms with van der Waals surface area (Å²) in [5.74, 6) is -0.994. The highest BCUT2D eigenvalue weighted by atomic mass is 16.6. The van der Waals surface area contributed by atoms with Crippen molar-refractivity contribution < 1.29 is 28.6 Å². The first-order valence-corrected chi connectivity index (χ1v) is 9.80. The van der Waals surface area contributed by atoms with E-state index in [4.69, 9.17) is 19.9 Å². The highest BCUT2D eigenvalue weighted by Crippen LogP contribution is 2.56. The lowest BCUT2D eigenvalue weighted by Crippen LogP contribution is -2.55. The number of nitrogens with zero attached hydrogens (tertiary/aromatic N) is 2. The lowest BCUT2D eigenvalue weighted by molar-refractivity contribution is -0.137. The smallest absolute Gasteiger partial charge is 0.404 e. The zero-order valence-electron chi connectivity index (χ0n) is 16.4. The number of nitrogens with one attached hydrogen (secondary N) is 1. The summed E-state index contributed by atoms with van der Waals surface area (Å²) >= 11 is 0. The highest BCUT2D eigenvalue weighted by Gasteiger charge is 2.72. The number of fused-ring (bicyclic) bond motifs is 4. The Kier molecular flexibility index (Phi) is 4.03. The van der Waals surface area contributed by atoms with Crippen LogP contribution in [0, 0.1) is 5.92 Å². The fraction of sp³-hybridized carbons (Fsp3) is 0.632. The number of nitrogens with two attached hydrogens (primary N) is 1. The third kappa shape index (κ3) is 2.36. The van der Waals surface area contributed by atoms with Crippen LogP contribution in [0.4, 0.5) is 4.79 Å². The van der Waals surface area contributed by atoms with Gasteiger partial charge in [0.25, 0.3) is 0 Å². The van der Waals surface area contributed by atoms with Crippen molar-refractivity contribution in [3.05, 3.63) is 22.5 Å². The Bertz CT molecular complexity index is 876. The van der Waals surface area contributed by atoms with Gasteiger partial charge in [0.2, 0.25) is 11.6 Å². The largest absolute Gasteiger partial charge is 0.449 e. The van der Waals surface area contributed by atoms with Gasteiger partial charge in [0.1, 0.15) is 6.61 Å². The molecule has 4 atom stereocenters. The van der Waals surface area contributed by atoms with Crippen LogP contribution in [-0.2, 0) is 23.8 Å². The van der Waals surface area contributed by atoms with Crippen LogP contribution >= 0.6 is 0 Å². The quantitative estimate of drug-likeness (QED) is 0.434. The number of amides is 1. The molecule has 1 amide bonds. The van der Waals surface area contributed by atoms with Crippen molar-refractivity contribution >= 4 is 17.7 Å². The second kappa shape index (κ2) is 6.28. The molecule has 156 valence electrons. The van der Waals surface area contributed by atoms with Crippen LogP contribution in [0.3, 0.4) is 0 Å². The average molecular weight is 404 g/mol. The van der Waals surface area contributed by atoms with Gasteiger partial charge in [-0.05, 0) is 6.92 Å². The molecular formula is C19H24N4O6. The van der Waals surface area contributed by atoms with E-state index in [9.17, 15) is 14.4 Å². The number of hydrogen-bond donors (Lipinski definition) is 2. The van der Waals surface area contributed by atoms with E-state index in [0.717, 1.165) is 0 Å². The molecule has 0 radical (unpaired) electrons. The van der Waals surface area contributed by atoms with Gasteiger partial charge in [-0.25, -0.2) is 4.79 Å². The fourth-order valence-corrected chi connectivity index (χ4v) is 5.45. The van der Waals surface area contributed by atoms with Gasteiger partial charge >= 0.3 is 6.09 Å². The minimum Gasteiger partial charge on any atom is -0.449 e. The Labute approximate surface area is 167 Å². The van der Waals surface area contributed by atoms with E-state index in [2.05, 4.69) is 5.32 Å². The number of primary amides is 1. The van der Waals surface area contributed by atoms with Gasteiger partial charge < -0.3 is 35.1 Å². The molecule has 4 aliphatic heterocycles. The van der Waals surface area contributed by atoms with Crippen molar-refractivity contribution in [2.45, 2.75) is 24.7 Å². The fourth-order valence-electron chi connectivity index (χ4n) is 5.45. The minimum atomic E-state index is -0.948. The molecule has 3 fully saturated rings. The summed E-state index contributed by atoms with van der Waals surface area (Å²) in [6.07, 6.45) is -0.926. The minimum absolute atomic E-state index is 0.0488. The molecule has 10 heteroatoms. The lowest BCUT2D eigenvalue weighted by Gasteiger charge is -2.39. The van der Waals surface area contributed by atoms with Crippen LogP contribution in [-0.4, -0.2) is 91.8 Å². The molecule has 3 N–H and O–H groups in total. The molecule has 4 heterocycles. The molecule has 0 saturated carbocycles. The number of carbonyl (C=O) groups excluding carboxylic acids is 3. The zero-order chi connectivity index (χ0) is 20.5. The number of ketones is 2. The summed E-state index contributed by atoms with van der Waals surface area (Å²) in [4.78, 5) is 42.3. The first-order chi connectivity index (χ1) is 13.9. The number of Topliss-reactive ketones (excluding diaryl/α,β-unsaturated/α-hetero) is 2. The highest BCUT2D eigenvalue weighted by molar-refractivity contribution is 6.25. The molecule has 0 bridgehead atoms. The van der Waals surface area contributed by atoms with Crippen LogP contribution in [0.1, 0.15) is 6.92 Å². The first kappa shape index (κ1) is 18.6. The molecular weight excluding hydrogens is 380 g/mol. The second-order valence-corrected chi connectivity index (χ2v) is 7.99. The van der Waals surface area contributed by atoms with Crippen molar-refractivity contribution in [1.82, 2.24) is 15.1 Å². The van der Waals surface area contributed by atoms with E-state index in [1.54, 1.807) is 14.0 Å². The predicted octanol–water partition coefficient (Wildman–Crippen LogP) is -1.28. The Morgan fingerprint density at radius 3 is 2.66 bits per heavy atom. The van der Waals surface area contributed by atoms with Gasteiger partial charge in [-0.15, -0.1) is 0 Å². The summed E-state index contributed by atoms with van der Waals surface area (Å²) in [5, 5.41) is 3.35. The molecule has 4 unspecified atom stereocenters. The van der Waals surface area contributed by atoms with Crippen molar-refractivity contribution in [3.63, 3.8) is 0 Å². The zero-order valence-corrected chi connectivity index (χ0v) is 16.4. The standard InChI is InChI=1S/C19H24N4O6/c1-9-13(22-3-5-28-6-4-22)16(25)12-10(8-29-18(20)26)19(27-2)17-11(21-17)7-23(19)14(12)15(9)24/h10-11,17,21H,3-8H2,1-2H3,(H2,20,26). The van der Waals surface area contributed by atoms with Crippen molar-refractivity contribution in [3.8, 4) is 0 Å². The SMILES string of the molecule is COC12C(COC(N)=O)C3=C(C(=O)C(C)=C(N4CCOCC4)C3=O)N1CC1NC12. The van der Waals surface area contributed by atoms with E-state index >= 15 is 0 Å². The van der Waals surface area contributed by atoms with E-state index in [-0.39, 0.29) is 30.3 Å². The topological polar surface area (TPSA) is 133 Å². The third-order valence-electron chi connectivity index (χ3n) is 6.72. The number of allylic oxidation sites excluding steroid dienone is 2. The molecule has 0 aromatic heterocycles. The summed E-state index contributed by atoms with van der Waals surface area (Å²) < 4.78 is 16.5. The molecule has 1 aliphatic carbocycles. The van der Waals surface area contributed by atoms with Crippen LogP contribution in [0.5, 0.6) is 0 Å². The maximum Gasteiger partial charge on any atom is 0.404 e. The van der Waals surface area contributed by atoms with Gasteiger partial charge in [-0.2, -0.15) is 0 Å². The van der Waals surface area contributed by atoms with Crippen molar-refractivity contribution in [2.24, 2.45) is 11.7 Å². The lowest BCUT2D eigenvalue weighted by atomic mass is 9.82. The van der Waals surface area contributed by atoms with Crippen LogP contribution < -0.4 is 11.1 Å². The number of rotatable bonds is 4. The third-order valence-corrected chi connectivity index (χ3v) is 6.72. The van der Waals surface area contributed by atoms with E-state index in [1.165, 1.54) is 0 Å². The van der Waals surface area contributed by atoms with Crippen molar-refractivity contribution in [1.29, 1.82) is 0 Å². The molecule has 5 rings (SSSR count). The Hall–Kier alpha value is -2.43. The number of piperazine rings is 1. The number of methoxy groups -OCH3 is 1. The predicted molar refractivity (Wildman–Crippen MR) is 98.3 cm³/mol. The Balaban J connectivity index is 1.59. The number of morpholine rings is 1.